The summed E-state index contributed by atoms with van der Waals surface area (Å²) in [5.74, 6) is 6.46. The molecule has 1 aliphatic heterocycles. The van der Waals surface area contributed by atoms with Gasteiger partial charge in [-0.25, -0.2) is 0 Å². The minimum atomic E-state index is -0.0818. The number of rotatable bonds is 2. The molecular formula is C8H10N4OS. The van der Waals surface area contributed by atoms with E-state index in [-0.39, 0.29) is 11.6 Å². The molecule has 14 heavy (non-hydrogen) atoms. The summed E-state index contributed by atoms with van der Waals surface area (Å²) < 4.78 is 0. The quantitative estimate of drug-likeness (QED) is 0.544. The number of hydrogen-bond donors (Lipinski definition) is 2. The van der Waals surface area contributed by atoms with E-state index in [0.29, 0.717) is 5.56 Å². The third kappa shape index (κ3) is 1.37. The van der Waals surface area contributed by atoms with Crippen molar-refractivity contribution in [3.63, 3.8) is 0 Å². The second-order valence-electron chi connectivity index (χ2n) is 2.92. The standard InChI is InChI=1S/C8H10N4OS/c9-8-5(4-11-12(8)10)7(13)6-2-1-3-14-6/h2,4H,1,3,9-10H2. The summed E-state index contributed by atoms with van der Waals surface area (Å²) in [6, 6.07) is 0. The van der Waals surface area contributed by atoms with Crippen molar-refractivity contribution in [2.75, 3.05) is 17.3 Å². The summed E-state index contributed by atoms with van der Waals surface area (Å²) in [6.45, 7) is 0. The lowest BCUT2D eigenvalue weighted by atomic mass is 10.2. The number of carbonyl (C=O) groups excluding carboxylic acids is 1. The molecule has 1 aromatic heterocycles. The summed E-state index contributed by atoms with van der Waals surface area (Å²) in [7, 11) is 0. The predicted molar refractivity (Wildman–Crippen MR) is 56.3 cm³/mol. The Bertz CT molecular complexity index is 409. The maximum atomic E-state index is 11.8. The molecule has 2 rings (SSSR count). The van der Waals surface area contributed by atoms with Gasteiger partial charge in [-0.3, -0.25) is 4.79 Å². The summed E-state index contributed by atoms with van der Waals surface area (Å²) in [5.41, 5.74) is 5.97. The Balaban J connectivity index is 2.31. The molecule has 0 atom stereocenters. The fourth-order valence-corrected chi connectivity index (χ4v) is 2.19. The molecule has 0 unspecified atom stereocenters. The largest absolute Gasteiger partial charge is 0.382 e. The molecule has 0 aliphatic carbocycles. The molecule has 6 heteroatoms. The number of Topliss-reactive ketones (excluding diaryl/α,β-unsaturated/α-hetero) is 1. The Morgan fingerprint density at radius 3 is 2.93 bits per heavy atom. The van der Waals surface area contributed by atoms with Crippen molar-refractivity contribution < 1.29 is 4.79 Å². The van der Waals surface area contributed by atoms with Gasteiger partial charge in [-0.2, -0.15) is 9.89 Å². The van der Waals surface area contributed by atoms with E-state index in [2.05, 4.69) is 5.10 Å². The first-order chi connectivity index (χ1) is 6.70. The second-order valence-corrected chi connectivity index (χ2v) is 4.06. The summed E-state index contributed by atoms with van der Waals surface area (Å²) >= 11 is 1.54. The van der Waals surface area contributed by atoms with Gasteiger partial charge in [0, 0.05) is 5.75 Å². The van der Waals surface area contributed by atoms with Gasteiger partial charge in [0.15, 0.2) is 5.82 Å². The lowest BCUT2D eigenvalue weighted by Crippen LogP contribution is -2.14. The molecule has 1 aromatic rings. The Labute approximate surface area is 85.1 Å². The number of ketones is 1. The van der Waals surface area contributed by atoms with E-state index < -0.39 is 0 Å². The minimum Gasteiger partial charge on any atom is -0.382 e. The van der Waals surface area contributed by atoms with Gasteiger partial charge in [-0.05, 0) is 6.42 Å². The zero-order valence-electron chi connectivity index (χ0n) is 7.43. The van der Waals surface area contributed by atoms with Gasteiger partial charge in [0.2, 0.25) is 5.78 Å². The molecule has 1 aliphatic rings. The number of nitrogens with two attached hydrogens (primary N) is 2. The molecule has 74 valence electrons. The molecule has 0 fully saturated rings. The average Bonchev–Trinajstić information content (AvgIpc) is 2.77. The lowest BCUT2D eigenvalue weighted by molar-refractivity contribution is 0.104. The van der Waals surface area contributed by atoms with E-state index in [1.807, 2.05) is 6.08 Å². The zero-order valence-corrected chi connectivity index (χ0v) is 8.25. The van der Waals surface area contributed by atoms with Crippen molar-refractivity contribution in [1.29, 1.82) is 0 Å². The fraction of sp³-hybridized carbons (Fsp3) is 0.250. The summed E-state index contributed by atoms with van der Waals surface area (Å²) in [6.07, 6.45) is 4.25. The van der Waals surface area contributed by atoms with Crippen LogP contribution in [0.15, 0.2) is 17.2 Å². The normalized spacial score (nSPS) is 15.6. The van der Waals surface area contributed by atoms with Crippen LogP contribution in [0.2, 0.25) is 0 Å². The maximum Gasteiger partial charge on any atom is 0.204 e. The number of allylic oxidation sites excluding steroid dienone is 2. The number of carbonyl (C=O) groups is 1. The van der Waals surface area contributed by atoms with E-state index in [1.165, 1.54) is 6.20 Å². The van der Waals surface area contributed by atoms with Gasteiger partial charge in [-0.1, -0.05) is 6.08 Å². The molecule has 0 saturated carbocycles. The van der Waals surface area contributed by atoms with Gasteiger partial charge >= 0.3 is 0 Å². The molecule has 0 bridgehead atoms. The van der Waals surface area contributed by atoms with Crippen LogP contribution in [0, 0.1) is 0 Å². The SMILES string of the molecule is Nc1c(C(=O)C2=CCCS2)cnn1N. The number of thioether (sulfide) groups is 1. The Morgan fingerprint density at radius 1 is 1.64 bits per heavy atom. The molecule has 0 radical (unpaired) electrons. The van der Waals surface area contributed by atoms with Crippen LogP contribution in [0.5, 0.6) is 0 Å². The third-order valence-corrected chi connectivity index (χ3v) is 3.11. The van der Waals surface area contributed by atoms with Crippen molar-refractivity contribution in [1.82, 2.24) is 9.89 Å². The molecule has 0 aromatic carbocycles. The van der Waals surface area contributed by atoms with Crippen molar-refractivity contribution in [2.45, 2.75) is 6.42 Å². The number of aromatic nitrogens is 2. The van der Waals surface area contributed by atoms with Crippen LogP contribution in [-0.2, 0) is 0 Å². The van der Waals surface area contributed by atoms with Gasteiger partial charge in [0.05, 0.1) is 16.7 Å². The van der Waals surface area contributed by atoms with E-state index in [4.69, 9.17) is 11.6 Å². The minimum absolute atomic E-state index is 0.0818. The van der Waals surface area contributed by atoms with Gasteiger partial charge < -0.3 is 11.6 Å². The Morgan fingerprint density at radius 2 is 2.43 bits per heavy atom. The van der Waals surface area contributed by atoms with Gasteiger partial charge in [0.1, 0.15) is 0 Å². The van der Waals surface area contributed by atoms with Crippen molar-refractivity contribution in [3.8, 4) is 0 Å². The molecule has 2 heterocycles. The third-order valence-electron chi connectivity index (χ3n) is 2.01. The van der Waals surface area contributed by atoms with Crippen LogP contribution < -0.4 is 11.6 Å². The average molecular weight is 210 g/mol. The van der Waals surface area contributed by atoms with E-state index in [9.17, 15) is 4.79 Å². The highest BCUT2D eigenvalue weighted by molar-refractivity contribution is 8.04. The van der Waals surface area contributed by atoms with Gasteiger partial charge in [0.25, 0.3) is 0 Å². The molecule has 5 nitrogen and oxygen atoms in total. The van der Waals surface area contributed by atoms with E-state index in [1.54, 1.807) is 11.8 Å². The summed E-state index contributed by atoms with van der Waals surface area (Å²) in [5, 5.41) is 3.72. The topological polar surface area (TPSA) is 86.9 Å². The molecule has 4 N–H and O–H groups in total. The Kier molecular flexibility index (Phi) is 2.20. The van der Waals surface area contributed by atoms with Crippen LogP contribution in [-0.4, -0.2) is 21.4 Å². The van der Waals surface area contributed by atoms with Crippen LogP contribution in [0.1, 0.15) is 16.8 Å². The molecule has 0 saturated heterocycles. The highest BCUT2D eigenvalue weighted by atomic mass is 32.2. The lowest BCUT2D eigenvalue weighted by Gasteiger charge is -1.99. The second kappa shape index (κ2) is 3.38. The van der Waals surface area contributed by atoms with E-state index >= 15 is 0 Å². The number of hydrogen-bond acceptors (Lipinski definition) is 5. The zero-order chi connectivity index (χ0) is 10.1. The van der Waals surface area contributed by atoms with Crippen LogP contribution in [0.25, 0.3) is 0 Å². The van der Waals surface area contributed by atoms with Gasteiger partial charge in [-0.15, -0.1) is 11.8 Å². The fourth-order valence-electron chi connectivity index (χ4n) is 1.26. The highest BCUT2D eigenvalue weighted by Gasteiger charge is 2.20. The molecule has 0 amide bonds. The first-order valence-electron chi connectivity index (χ1n) is 4.16. The first kappa shape index (κ1) is 9.14. The molecular weight excluding hydrogens is 200 g/mol. The van der Waals surface area contributed by atoms with Crippen molar-refractivity contribution in [2.24, 2.45) is 0 Å². The van der Waals surface area contributed by atoms with Crippen LogP contribution in [0.4, 0.5) is 5.82 Å². The smallest absolute Gasteiger partial charge is 0.204 e. The highest BCUT2D eigenvalue weighted by Crippen LogP contribution is 2.29. The predicted octanol–water partition coefficient (Wildman–Crippen LogP) is 0.383. The number of anilines is 1. The molecule has 0 spiro atoms. The Hall–Kier alpha value is -1.43. The number of nitrogens with zero attached hydrogens (tertiary/aromatic N) is 2. The van der Waals surface area contributed by atoms with E-state index in [0.717, 1.165) is 21.9 Å². The van der Waals surface area contributed by atoms with Crippen LogP contribution in [0.3, 0.4) is 0 Å². The van der Waals surface area contributed by atoms with Crippen LogP contribution >= 0.6 is 11.8 Å². The number of nitrogen functional groups attached to an aromatic ring is 2. The van der Waals surface area contributed by atoms with Crippen molar-refractivity contribution >= 4 is 23.4 Å². The first-order valence-corrected chi connectivity index (χ1v) is 5.15. The monoisotopic (exact) mass is 210 g/mol. The van der Waals surface area contributed by atoms with Crippen molar-refractivity contribution in [3.05, 3.63) is 22.7 Å². The summed E-state index contributed by atoms with van der Waals surface area (Å²) in [4.78, 5) is 13.6. The maximum absolute atomic E-state index is 11.8.